The van der Waals surface area contributed by atoms with E-state index < -0.39 is 19.9 Å². The van der Waals surface area contributed by atoms with E-state index in [0.29, 0.717) is 55.2 Å². The summed E-state index contributed by atoms with van der Waals surface area (Å²) in [6, 6.07) is 48.6. The van der Waals surface area contributed by atoms with Crippen LogP contribution in [0.15, 0.2) is 162 Å². The van der Waals surface area contributed by atoms with E-state index in [1.54, 1.807) is 34.1 Å². The number of amidine groups is 2. The summed E-state index contributed by atoms with van der Waals surface area (Å²) in [5.74, 6) is 1.28. The second kappa shape index (κ2) is 22.5. The third-order valence-corrected chi connectivity index (χ3v) is 16.4. The third kappa shape index (κ3) is 12.3. The molecule has 8 aromatic rings. The Balaban J connectivity index is 0.000000128. The first kappa shape index (κ1) is 55.3. The standard InChI is InChI=1S/2C18H8Cl2N2O.C12H19NO2S.C12H18O2S/c2*19-12-7-10-11(8-13(12)20)18(23)22-15-6-2-4-9-3-1-5-14(16(9)15)21-17(10)22;1-12(2,3)11-7-5-10(6-8-11)9-13-16(4,14)15;1-15(13,14)11-7-3-6-10-12-8-4-2-5-9-12/h2*1-8H;5-8,13H,9H2,1-4H3;2,4-5,8-9H,3,6-7,10-11H2,1H3. The second-order valence-corrected chi connectivity index (χ2v) is 25.8. The fourth-order valence-electron chi connectivity index (χ4n) is 9.40. The molecule has 17 heteroatoms. The quantitative estimate of drug-likeness (QED) is 0.142. The van der Waals surface area contributed by atoms with Gasteiger partial charge in [-0.25, -0.2) is 31.5 Å². The molecule has 0 aliphatic carbocycles. The third-order valence-electron chi connectivity index (χ3n) is 13.2. The lowest BCUT2D eigenvalue weighted by Gasteiger charge is -2.24. The van der Waals surface area contributed by atoms with Gasteiger partial charge in [-0.05, 0) is 101 Å². The molecule has 4 heterocycles. The molecule has 77 heavy (non-hydrogen) atoms. The van der Waals surface area contributed by atoms with Crippen molar-refractivity contribution < 1.29 is 26.4 Å². The SMILES string of the molecule is CC(C)(C)c1ccc(CNS(C)(=O)=O)cc1.CS(=O)(=O)CCCCCc1ccccc1.O=C1c2cc(Cl)c(Cl)cc2C2=Nc3cccc4cccc(c34)N12.O=C1c2cc(Cl)c(Cl)cc2C2=Nc3cccc4cccc(c34)N12. The topological polar surface area (TPSA) is 146 Å². The maximum Gasteiger partial charge on any atom is 0.264 e. The Kier molecular flexibility index (Phi) is 16.2. The van der Waals surface area contributed by atoms with Gasteiger partial charge in [-0.15, -0.1) is 0 Å². The molecule has 0 aromatic heterocycles. The summed E-state index contributed by atoms with van der Waals surface area (Å²) in [5.41, 5.74) is 9.58. The normalized spacial score (nSPS) is 13.7. The molecule has 0 fully saturated rings. The van der Waals surface area contributed by atoms with Crippen LogP contribution in [0.3, 0.4) is 0 Å². The van der Waals surface area contributed by atoms with Crippen LogP contribution in [0.4, 0.5) is 22.7 Å². The van der Waals surface area contributed by atoms with Gasteiger partial charge in [-0.1, -0.05) is 177 Å². The molecule has 394 valence electrons. The molecule has 0 bridgehead atoms. The zero-order valence-corrected chi connectivity index (χ0v) is 47.4. The first-order valence-electron chi connectivity index (χ1n) is 24.7. The Bertz CT molecular complexity index is 3760. The van der Waals surface area contributed by atoms with Crippen LogP contribution in [0.1, 0.15) is 88.6 Å². The number of aryl methyl sites for hydroxylation is 1. The molecular weight excluding hydrogens is 1090 g/mol. The van der Waals surface area contributed by atoms with Gasteiger partial charge in [-0.2, -0.15) is 0 Å². The van der Waals surface area contributed by atoms with Crippen LogP contribution in [0.5, 0.6) is 0 Å². The lowest BCUT2D eigenvalue weighted by molar-refractivity contribution is 0.0999. The number of carbonyl (C=O) groups is 2. The van der Waals surface area contributed by atoms with E-state index in [-0.39, 0.29) is 17.2 Å². The first-order valence-corrected chi connectivity index (χ1v) is 30.2. The van der Waals surface area contributed by atoms with Crippen molar-refractivity contribution in [2.45, 2.75) is 58.4 Å². The molecule has 12 rings (SSSR count). The zero-order chi connectivity index (χ0) is 55.0. The number of hydrogen-bond donors (Lipinski definition) is 1. The maximum atomic E-state index is 12.9. The number of fused-ring (bicyclic) bond motifs is 8. The maximum absolute atomic E-state index is 12.9. The van der Waals surface area contributed by atoms with Crippen LogP contribution < -0.4 is 14.5 Å². The predicted octanol–water partition coefficient (Wildman–Crippen LogP) is 14.9. The number of unbranched alkanes of at least 4 members (excludes halogenated alkanes) is 2. The summed E-state index contributed by atoms with van der Waals surface area (Å²) in [7, 11) is -5.88. The minimum absolute atomic E-state index is 0.126. The van der Waals surface area contributed by atoms with Crippen molar-refractivity contribution in [2.24, 2.45) is 9.98 Å². The molecule has 2 amide bonds. The summed E-state index contributed by atoms with van der Waals surface area (Å²) < 4.78 is 46.0. The van der Waals surface area contributed by atoms with Crippen molar-refractivity contribution in [3.8, 4) is 0 Å². The zero-order valence-electron chi connectivity index (χ0n) is 42.7. The van der Waals surface area contributed by atoms with Crippen LogP contribution in [-0.4, -0.2) is 58.6 Å². The largest absolute Gasteiger partial charge is 0.268 e. The predicted molar refractivity (Wildman–Crippen MR) is 317 cm³/mol. The second-order valence-electron chi connectivity index (χ2n) is 20.0. The van der Waals surface area contributed by atoms with Crippen molar-refractivity contribution in [2.75, 3.05) is 28.1 Å². The summed E-state index contributed by atoms with van der Waals surface area (Å²) in [5, 5.41) is 5.66. The number of halogens is 4. The molecule has 0 saturated carbocycles. The number of sulfone groups is 1. The van der Waals surface area contributed by atoms with Gasteiger partial charge in [0.15, 0.2) is 0 Å². The van der Waals surface area contributed by atoms with Gasteiger partial charge in [0.05, 0.1) is 60.2 Å². The van der Waals surface area contributed by atoms with E-state index in [2.05, 4.69) is 37.6 Å². The smallest absolute Gasteiger partial charge is 0.264 e. The van der Waals surface area contributed by atoms with E-state index in [1.807, 2.05) is 115 Å². The van der Waals surface area contributed by atoms with E-state index in [4.69, 9.17) is 56.4 Å². The number of anilines is 2. The number of carbonyl (C=O) groups excluding carboxylic acids is 2. The highest BCUT2D eigenvalue weighted by Crippen LogP contribution is 2.46. The van der Waals surface area contributed by atoms with E-state index in [0.717, 1.165) is 92.9 Å². The lowest BCUT2D eigenvalue weighted by Crippen LogP contribution is -2.31. The monoisotopic (exact) mass is 1140 g/mol. The van der Waals surface area contributed by atoms with E-state index in [1.165, 1.54) is 17.4 Å². The molecule has 0 saturated heterocycles. The van der Waals surface area contributed by atoms with Crippen LogP contribution >= 0.6 is 46.4 Å². The Morgan fingerprint density at radius 2 is 0.948 bits per heavy atom. The summed E-state index contributed by atoms with van der Waals surface area (Å²) >= 11 is 24.4. The van der Waals surface area contributed by atoms with Gasteiger partial charge < -0.3 is 0 Å². The van der Waals surface area contributed by atoms with Crippen molar-refractivity contribution in [1.29, 1.82) is 0 Å². The average Bonchev–Trinajstić information content (AvgIpc) is 3.82. The fraction of sp³-hybridized carbons (Fsp3) is 0.200. The number of hydrogen-bond acceptors (Lipinski definition) is 8. The highest BCUT2D eigenvalue weighted by atomic mass is 35.5. The lowest BCUT2D eigenvalue weighted by atomic mass is 9.87. The van der Waals surface area contributed by atoms with Crippen molar-refractivity contribution in [3.05, 3.63) is 211 Å². The first-order chi connectivity index (χ1) is 36.6. The van der Waals surface area contributed by atoms with Crippen LogP contribution in [0.25, 0.3) is 21.5 Å². The Labute approximate surface area is 469 Å². The highest BCUT2D eigenvalue weighted by Gasteiger charge is 2.40. The van der Waals surface area contributed by atoms with Gasteiger partial charge in [0.2, 0.25) is 10.0 Å². The number of benzene rings is 8. The van der Waals surface area contributed by atoms with Gasteiger partial charge in [0.25, 0.3) is 11.8 Å². The van der Waals surface area contributed by atoms with Crippen LogP contribution in [-0.2, 0) is 38.2 Å². The van der Waals surface area contributed by atoms with E-state index in [9.17, 15) is 26.4 Å². The van der Waals surface area contributed by atoms with Crippen molar-refractivity contribution in [1.82, 2.24) is 4.72 Å². The van der Waals surface area contributed by atoms with E-state index >= 15 is 0 Å². The molecule has 0 unspecified atom stereocenters. The van der Waals surface area contributed by atoms with Crippen LogP contribution in [0.2, 0.25) is 20.1 Å². The number of aliphatic imine (C=N–C) groups is 2. The molecule has 0 atom stereocenters. The van der Waals surface area contributed by atoms with Gasteiger partial charge in [-0.3, -0.25) is 19.4 Å². The van der Waals surface area contributed by atoms with Gasteiger partial charge in [0, 0.05) is 40.5 Å². The Morgan fingerprint density at radius 1 is 0.506 bits per heavy atom. The molecule has 1 N–H and O–H groups in total. The summed E-state index contributed by atoms with van der Waals surface area (Å²) in [6.07, 6.45) is 6.35. The number of amides is 2. The Hall–Kier alpha value is -6.42. The Morgan fingerprint density at radius 3 is 1.38 bits per heavy atom. The number of sulfonamides is 1. The molecule has 8 aromatic carbocycles. The van der Waals surface area contributed by atoms with Gasteiger partial charge in [0.1, 0.15) is 21.5 Å². The molecule has 4 aliphatic heterocycles. The molecule has 0 spiro atoms. The molecule has 4 aliphatic rings. The summed E-state index contributed by atoms with van der Waals surface area (Å²) in [6.45, 7) is 6.80. The number of rotatable bonds is 9. The minimum Gasteiger partial charge on any atom is -0.268 e. The minimum atomic E-state index is -3.11. The van der Waals surface area contributed by atoms with Crippen molar-refractivity contribution >= 4 is 134 Å². The highest BCUT2D eigenvalue weighted by molar-refractivity contribution is 7.90. The summed E-state index contributed by atoms with van der Waals surface area (Å²) in [4.78, 5) is 38.5. The van der Waals surface area contributed by atoms with Crippen molar-refractivity contribution in [3.63, 3.8) is 0 Å². The molecule has 0 radical (unpaired) electrons. The average molecular weight is 1150 g/mol. The fourth-order valence-corrected chi connectivity index (χ4v) is 11.2. The van der Waals surface area contributed by atoms with Crippen LogP contribution in [0, 0.1) is 0 Å². The van der Waals surface area contributed by atoms with Gasteiger partial charge >= 0.3 is 0 Å². The molecular formula is C60H53Cl4N5O6S2. The molecule has 11 nitrogen and oxygen atoms in total. The number of nitrogens with one attached hydrogen (secondary N) is 1. The number of nitrogens with zero attached hydrogens (tertiary/aromatic N) is 4.